The Labute approximate surface area is 78.6 Å². The molecule has 0 saturated carbocycles. The van der Waals surface area contributed by atoms with Crippen LogP contribution in [-0.4, -0.2) is 30.6 Å². The van der Waals surface area contributed by atoms with Crippen molar-refractivity contribution >= 4 is 0 Å². The van der Waals surface area contributed by atoms with Crippen molar-refractivity contribution in [2.45, 2.75) is 26.3 Å². The summed E-state index contributed by atoms with van der Waals surface area (Å²) in [5, 5.41) is 11.9. The molecule has 0 aromatic rings. The van der Waals surface area contributed by atoms with Crippen LogP contribution in [0.3, 0.4) is 0 Å². The molecule has 0 heterocycles. The highest BCUT2D eigenvalue weighted by Gasteiger charge is 2.06. The molecule has 0 unspecified atom stereocenters. The quantitative estimate of drug-likeness (QED) is 0.356. The van der Waals surface area contributed by atoms with Crippen LogP contribution in [0.5, 0.6) is 0 Å². The summed E-state index contributed by atoms with van der Waals surface area (Å²) in [7, 11) is 0. The Kier molecular flexibility index (Phi) is 6.70. The van der Waals surface area contributed by atoms with E-state index < -0.39 is 0 Å². The van der Waals surface area contributed by atoms with E-state index in [4.69, 9.17) is 10.8 Å². The third-order valence-corrected chi connectivity index (χ3v) is 1.79. The van der Waals surface area contributed by atoms with Gasteiger partial charge in [0.15, 0.2) is 0 Å². The standard InChI is InChI=1S/C8H15N5/c1-8(2)13(6-3-4-9)7-5-11-12-10/h8H,3,5-7H2,1-2H3. The van der Waals surface area contributed by atoms with Gasteiger partial charge in [-0.25, -0.2) is 0 Å². The van der Waals surface area contributed by atoms with Crippen LogP contribution in [0.2, 0.25) is 0 Å². The van der Waals surface area contributed by atoms with E-state index in [1.165, 1.54) is 0 Å². The van der Waals surface area contributed by atoms with E-state index in [0.717, 1.165) is 13.1 Å². The van der Waals surface area contributed by atoms with E-state index in [1.807, 2.05) is 0 Å². The van der Waals surface area contributed by atoms with Crippen LogP contribution in [0, 0.1) is 11.3 Å². The van der Waals surface area contributed by atoms with Crippen molar-refractivity contribution in [3.05, 3.63) is 10.4 Å². The Morgan fingerprint density at radius 1 is 1.54 bits per heavy atom. The fourth-order valence-corrected chi connectivity index (χ4v) is 1.04. The molecule has 0 atom stereocenters. The first-order valence-electron chi connectivity index (χ1n) is 4.34. The Morgan fingerprint density at radius 2 is 2.23 bits per heavy atom. The number of hydrogen-bond acceptors (Lipinski definition) is 3. The summed E-state index contributed by atoms with van der Waals surface area (Å²) in [6.07, 6.45) is 0.522. The Morgan fingerprint density at radius 3 is 2.69 bits per heavy atom. The van der Waals surface area contributed by atoms with E-state index in [1.54, 1.807) is 0 Å². The smallest absolute Gasteiger partial charge is 0.0635 e. The van der Waals surface area contributed by atoms with Crippen LogP contribution >= 0.6 is 0 Å². The molecular formula is C8H15N5. The van der Waals surface area contributed by atoms with E-state index in [9.17, 15) is 0 Å². The van der Waals surface area contributed by atoms with Gasteiger partial charge >= 0.3 is 0 Å². The predicted molar refractivity (Wildman–Crippen MR) is 51.0 cm³/mol. The van der Waals surface area contributed by atoms with E-state index >= 15 is 0 Å². The lowest BCUT2D eigenvalue weighted by atomic mass is 10.3. The maximum atomic E-state index is 8.41. The second-order valence-electron chi connectivity index (χ2n) is 2.99. The van der Waals surface area contributed by atoms with Gasteiger partial charge in [0.25, 0.3) is 0 Å². The van der Waals surface area contributed by atoms with Gasteiger partial charge < -0.3 is 0 Å². The number of nitriles is 1. The highest BCUT2D eigenvalue weighted by atomic mass is 15.2. The zero-order chi connectivity index (χ0) is 10.1. The monoisotopic (exact) mass is 181 g/mol. The van der Waals surface area contributed by atoms with Gasteiger partial charge in [0.1, 0.15) is 0 Å². The van der Waals surface area contributed by atoms with Crippen molar-refractivity contribution in [2.75, 3.05) is 19.6 Å². The van der Waals surface area contributed by atoms with E-state index in [2.05, 4.69) is 34.8 Å². The second-order valence-corrected chi connectivity index (χ2v) is 2.99. The van der Waals surface area contributed by atoms with Crippen LogP contribution in [0.25, 0.3) is 10.4 Å². The largest absolute Gasteiger partial charge is 0.300 e. The maximum absolute atomic E-state index is 8.41. The molecule has 0 aromatic carbocycles. The fourth-order valence-electron chi connectivity index (χ4n) is 1.04. The molecule has 0 N–H and O–H groups in total. The molecule has 5 nitrogen and oxygen atoms in total. The van der Waals surface area contributed by atoms with Gasteiger partial charge in [0.2, 0.25) is 0 Å². The topological polar surface area (TPSA) is 75.8 Å². The fraction of sp³-hybridized carbons (Fsp3) is 0.875. The first-order chi connectivity index (χ1) is 6.22. The summed E-state index contributed by atoms with van der Waals surface area (Å²) in [6.45, 7) is 6.07. The SMILES string of the molecule is CC(C)N(CCC#N)CCN=[N+]=[N-]. The summed E-state index contributed by atoms with van der Waals surface area (Å²) < 4.78 is 0. The van der Waals surface area contributed by atoms with Crippen molar-refractivity contribution in [1.82, 2.24) is 4.90 Å². The molecule has 0 amide bonds. The van der Waals surface area contributed by atoms with Crippen LogP contribution in [0.15, 0.2) is 5.11 Å². The molecule has 0 spiro atoms. The minimum Gasteiger partial charge on any atom is -0.300 e. The lowest BCUT2D eigenvalue weighted by Gasteiger charge is -2.24. The average molecular weight is 181 g/mol. The maximum Gasteiger partial charge on any atom is 0.0635 e. The summed E-state index contributed by atoms with van der Waals surface area (Å²) in [6, 6.07) is 2.49. The molecule has 72 valence electrons. The van der Waals surface area contributed by atoms with Gasteiger partial charge in [-0.2, -0.15) is 5.26 Å². The molecule has 0 aliphatic rings. The van der Waals surface area contributed by atoms with Crippen molar-refractivity contribution in [3.63, 3.8) is 0 Å². The van der Waals surface area contributed by atoms with Crippen LogP contribution in [-0.2, 0) is 0 Å². The average Bonchev–Trinajstić information content (AvgIpc) is 2.10. The summed E-state index contributed by atoms with van der Waals surface area (Å²) in [5.74, 6) is 0. The molecule has 13 heavy (non-hydrogen) atoms. The van der Waals surface area contributed by atoms with Gasteiger partial charge in [0, 0.05) is 37.0 Å². The lowest BCUT2D eigenvalue weighted by Crippen LogP contribution is -2.33. The predicted octanol–water partition coefficient (Wildman–Crippen LogP) is 1.92. The summed E-state index contributed by atoms with van der Waals surface area (Å²) >= 11 is 0. The minimum absolute atomic E-state index is 0.391. The summed E-state index contributed by atoms with van der Waals surface area (Å²) in [5.41, 5.74) is 8.08. The number of nitrogens with zero attached hydrogens (tertiary/aromatic N) is 5. The molecule has 0 bridgehead atoms. The molecule has 0 aliphatic heterocycles. The third-order valence-electron chi connectivity index (χ3n) is 1.79. The summed E-state index contributed by atoms with van der Waals surface area (Å²) in [4.78, 5) is 4.80. The van der Waals surface area contributed by atoms with E-state index in [0.29, 0.717) is 19.0 Å². The third kappa shape index (κ3) is 5.97. The molecule has 0 aliphatic carbocycles. The number of rotatable bonds is 6. The molecule has 0 saturated heterocycles. The Balaban J connectivity index is 3.81. The van der Waals surface area contributed by atoms with Crippen molar-refractivity contribution in [3.8, 4) is 6.07 Å². The molecule has 0 aromatic heterocycles. The first kappa shape index (κ1) is 11.8. The van der Waals surface area contributed by atoms with E-state index in [-0.39, 0.29) is 0 Å². The Hall–Kier alpha value is -1.24. The second kappa shape index (κ2) is 7.41. The van der Waals surface area contributed by atoms with Crippen LogP contribution < -0.4 is 0 Å². The molecular weight excluding hydrogens is 166 g/mol. The minimum atomic E-state index is 0.391. The van der Waals surface area contributed by atoms with Gasteiger partial charge in [-0.15, -0.1) is 0 Å². The molecule has 0 fully saturated rings. The number of hydrogen-bond donors (Lipinski definition) is 0. The van der Waals surface area contributed by atoms with Crippen molar-refractivity contribution in [1.29, 1.82) is 5.26 Å². The van der Waals surface area contributed by atoms with Crippen molar-refractivity contribution in [2.24, 2.45) is 5.11 Å². The molecule has 5 heteroatoms. The van der Waals surface area contributed by atoms with Crippen molar-refractivity contribution < 1.29 is 0 Å². The van der Waals surface area contributed by atoms with Gasteiger partial charge in [-0.05, 0) is 19.4 Å². The van der Waals surface area contributed by atoms with Gasteiger partial charge in [-0.3, -0.25) is 4.90 Å². The Bertz CT molecular complexity index is 211. The molecule has 0 rings (SSSR count). The lowest BCUT2D eigenvalue weighted by molar-refractivity contribution is 0.233. The van der Waals surface area contributed by atoms with Gasteiger partial charge in [-0.1, -0.05) is 5.11 Å². The normalized spacial score (nSPS) is 9.77. The first-order valence-corrected chi connectivity index (χ1v) is 4.34. The molecule has 0 radical (unpaired) electrons. The van der Waals surface area contributed by atoms with Crippen LogP contribution in [0.4, 0.5) is 0 Å². The zero-order valence-corrected chi connectivity index (χ0v) is 8.14. The number of azide groups is 1. The highest BCUT2D eigenvalue weighted by molar-refractivity contribution is 4.74. The van der Waals surface area contributed by atoms with Crippen LogP contribution in [0.1, 0.15) is 20.3 Å². The van der Waals surface area contributed by atoms with Gasteiger partial charge in [0.05, 0.1) is 6.07 Å². The highest BCUT2D eigenvalue weighted by Crippen LogP contribution is 1.98. The zero-order valence-electron chi connectivity index (χ0n) is 8.14.